The van der Waals surface area contributed by atoms with Crippen LogP contribution in [0.2, 0.25) is 0 Å². The molecule has 43 heavy (non-hydrogen) atoms. The van der Waals surface area contributed by atoms with E-state index in [4.69, 9.17) is 9.47 Å². The molecule has 3 fully saturated rings. The molecule has 5 rings (SSSR count). The maximum atomic E-state index is 14.1. The van der Waals surface area contributed by atoms with Crippen LogP contribution in [-0.2, 0) is 23.5 Å². The Kier molecular flexibility index (Phi) is 10.7. The van der Waals surface area contributed by atoms with Crippen molar-refractivity contribution in [2.75, 3.05) is 59.0 Å². The zero-order valence-electron chi connectivity index (χ0n) is 26.2. The number of aliphatic hydroxyl groups excluding tert-OH is 1. The fourth-order valence-electron chi connectivity index (χ4n) is 6.56. The number of likely N-dealkylation sites (tertiary alicyclic amines) is 2. The van der Waals surface area contributed by atoms with Gasteiger partial charge in [-0.3, -0.25) is 4.79 Å². The van der Waals surface area contributed by atoms with Crippen molar-refractivity contribution in [3.05, 3.63) is 53.5 Å². The van der Waals surface area contributed by atoms with Gasteiger partial charge in [0.25, 0.3) is 0 Å². The Balaban J connectivity index is 1.31. The monoisotopic (exact) mass is 708 g/mol. The first kappa shape index (κ1) is 32.2. The minimum absolute atomic E-state index is 0.0241. The second-order valence-corrected chi connectivity index (χ2v) is 17.4. The SMILES string of the molecule is CCCCN(C(=O)CN1C[C@H](C2C=C3OCOC3=CC2)C[C@@H]1CCN1C(=O)CCC1O)c1cccc(C[I-][N+](C)(C)C)c1. The number of alkyl halides is 1. The molecule has 2 unspecified atom stereocenters. The van der Waals surface area contributed by atoms with Crippen LogP contribution in [0.4, 0.5) is 5.69 Å². The second-order valence-electron chi connectivity index (χ2n) is 13.1. The molecule has 3 aliphatic heterocycles. The van der Waals surface area contributed by atoms with Crippen LogP contribution in [0, 0.1) is 11.8 Å². The molecule has 238 valence electrons. The van der Waals surface area contributed by atoms with Gasteiger partial charge in [-0.25, -0.2) is 0 Å². The standard InChI is InChI=1S/C33H49IN4O5/c1-5-6-15-36(28-9-7-8-24(17-28)20-34-38(2,3)4)33(41)22-35-21-26(25-10-11-29-30(19-25)43-23-42-29)18-27(35)14-16-37-31(39)12-13-32(37)40/h7-9,11,17,19,25-27,31,39H,5-6,10,12-16,18,20-23H2,1-4H3/t25?,26-,27+,31?/m1/s1. The van der Waals surface area contributed by atoms with Crippen molar-refractivity contribution in [2.24, 2.45) is 11.8 Å². The molecule has 1 N–H and O–H groups in total. The third-order valence-corrected chi connectivity index (χ3v) is 12.2. The summed E-state index contributed by atoms with van der Waals surface area (Å²) in [6, 6.07) is 8.74. The van der Waals surface area contributed by atoms with Crippen LogP contribution in [0.1, 0.15) is 57.4 Å². The van der Waals surface area contributed by atoms with Crippen molar-refractivity contribution in [1.29, 1.82) is 0 Å². The minimum atomic E-state index is -0.692. The molecule has 9 nitrogen and oxygen atoms in total. The number of hydrogen-bond acceptors (Lipinski definition) is 6. The number of rotatable bonds is 13. The zero-order chi connectivity index (χ0) is 30.6. The summed E-state index contributed by atoms with van der Waals surface area (Å²) in [6.07, 6.45) is 9.13. The number of anilines is 1. The Morgan fingerprint density at radius 1 is 1.21 bits per heavy atom. The number of hydrogen-bond donors (Lipinski definition) is 1. The van der Waals surface area contributed by atoms with Gasteiger partial charge >= 0.3 is 200 Å². The molecule has 0 spiro atoms. The summed E-state index contributed by atoms with van der Waals surface area (Å²) in [4.78, 5) is 32.5. The number of benzene rings is 1. The average Bonchev–Trinajstić information content (AvgIpc) is 3.69. The van der Waals surface area contributed by atoms with Gasteiger partial charge in [-0.15, -0.1) is 0 Å². The number of aliphatic hydroxyl groups is 1. The molecule has 4 aliphatic rings. The van der Waals surface area contributed by atoms with E-state index in [1.807, 2.05) is 4.90 Å². The van der Waals surface area contributed by atoms with Crippen LogP contribution in [0.5, 0.6) is 0 Å². The maximum absolute atomic E-state index is 14.1. The predicted molar refractivity (Wildman–Crippen MR) is 162 cm³/mol. The van der Waals surface area contributed by atoms with E-state index in [1.165, 1.54) is 5.56 Å². The number of carbonyl (C=O) groups is 2. The van der Waals surface area contributed by atoms with E-state index < -0.39 is 6.23 Å². The molecule has 10 heteroatoms. The van der Waals surface area contributed by atoms with E-state index in [0.717, 1.165) is 63.0 Å². The Bertz CT molecular complexity index is 1210. The van der Waals surface area contributed by atoms with Crippen molar-refractivity contribution < 1.29 is 48.3 Å². The van der Waals surface area contributed by atoms with E-state index in [-0.39, 0.29) is 46.1 Å². The third kappa shape index (κ3) is 8.32. The molecule has 1 aliphatic carbocycles. The second kappa shape index (κ2) is 14.3. The quantitative estimate of drug-likeness (QED) is 0.186. The molecule has 4 atom stereocenters. The Morgan fingerprint density at radius 2 is 2.02 bits per heavy atom. The van der Waals surface area contributed by atoms with Crippen molar-refractivity contribution in [2.45, 2.75) is 68.6 Å². The van der Waals surface area contributed by atoms with Gasteiger partial charge in [0, 0.05) is 12.8 Å². The third-order valence-electron chi connectivity index (χ3n) is 8.95. The molecule has 3 saturated heterocycles. The van der Waals surface area contributed by atoms with Gasteiger partial charge in [-0.1, -0.05) is 0 Å². The first-order chi connectivity index (χ1) is 20.6. The summed E-state index contributed by atoms with van der Waals surface area (Å²) in [6.45, 7) is 4.83. The number of nitrogens with zero attached hydrogens (tertiary/aromatic N) is 4. The number of carbonyl (C=O) groups excluding carboxylic acids is 2. The van der Waals surface area contributed by atoms with E-state index in [2.05, 4.69) is 69.4 Å². The zero-order valence-corrected chi connectivity index (χ0v) is 28.4. The summed E-state index contributed by atoms with van der Waals surface area (Å²) in [7, 11) is 6.76. The van der Waals surface area contributed by atoms with Gasteiger partial charge in [0.1, 0.15) is 6.23 Å². The molecule has 1 aromatic carbocycles. The summed E-state index contributed by atoms with van der Waals surface area (Å²) in [5.74, 6) is 2.53. The Morgan fingerprint density at radius 3 is 2.77 bits per heavy atom. The van der Waals surface area contributed by atoms with Gasteiger partial charge < -0.3 is 14.6 Å². The van der Waals surface area contributed by atoms with Crippen LogP contribution in [0.3, 0.4) is 0 Å². The van der Waals surface area contributed by atoms with Crippen LogP contribution >= 0.6 is 0 Å². The van der Waals surface area contributed by atoms with E-state index in [9.17, 15) is 14.7 Å². The molecular weight excluding hydrogens is 659 g/mol. The number of amides is 2. The molecule has 0 radical (unpaired) electrons. The summed E-state index contributed by atoms with van der Waals surface area (Å²) < 4.78 is 13.3. The van der Waals surface area contributed by atoms with Gasteiger partial charge in [0.05, 0.1) is 0 Å². The predicted octanol–water partition coefficient (Wildman–Crippen LogP) is 0.843. The van der Waals surface area contributed by atoms with E-state index in [1.54, 1.807) is 4.90 Å². The number of ether oxygens (including phenoxy) is 2. The molecule has 1 aromatic rings. The number of fused-ring (bicyclic) bond motifs is 1. The number of quaternary nitrogens is 1. The number of unbranched alkanes of at least 4 members (excludes halogenated alkanes) is 1. The van der Waals surface area contributed by atoms with E-state index in [0.29, 0.717) is 44.3 Å². The fraction of sp³-hybridized carbons (Fsp3) is 0.636. The number of halogens is 1. The number of allylic oxidation sites excluding steroid dienone is 2. The Hall–Kier alpha value is -2.15. The van der Waals surface area contributed by atoms with Gasteiger partial charge in [0.2, 0.25) is 12.7 Å². The summed E-state index contributed by atoms with van der Waals surface area (Å²) in [5, 5.41) is 10.4. The topological polar surface area (TPSA) is 82.6 Å². The van der Waals surface area contributed by atoms with Crippen LogP contribution < -0.4 is 26.4 Å². The molecule has 0 aromatic heterocycles. The van der Waals surface area contributed by atoms with E-state index >= 15 is 0 Å². The van der Waals surface area contributed by atoms with Crippen LogP contribution in [0.15, 0.2) is 47.9 Å². The molecule has 2 amide bonds. The van der Waals surface area contributed by atoms with Gasteiger partial charge in [0.15, 0.2) is 11.5 Å². The van der Waals surface area contributed by atoms with Crippen molar-refractivity contribution in [1.82, 2.24) is 9.80 Å². The van der Waals surface area contributed by atoms with Crippen LogP contribution in [-0.4, -0.2) is 95.8 Å². The van der Waals surface area contributed by atoms with Crippen molar-refractivity contribution in [3.63, 3.8) is 0 Å². The fourth-order valence-corrected chi connectivity index (χ4v) is 8.45. The van der Waals surface area contributed by atoms with Gasteiger partial charge in [-0.05, 0) is 6.08 Å². The molecule has 0 bridgehead atoms. The average molecular weight is 709 g/mol. The normalized spacial score (nSPS) is 25.8. The molecule has 0 saturated carbocycles. The molecule has 3 heterocycles. The van der Waals surface area contributed by atoms with Gasteiger partial charge in [-0.2, -0.15) is 0 Å². The van der Waals surface area contributed by atoms with Crippen molar-refractivity contribution in [3.8, 4) is 0 Å². The Labute approximate surface area is 267 Å². The van der Waals surface area contributed by atoms with Crippen LogP contribution in [0.25, 0.3) is 0 Å². The first-order valence-corrected chi connectivity index (χ1v) is 18.3. The summed E-state index contributed by atoms with van der Waals surface area (Å²) >= 11 is -0.0515. The summed E-state index contributed by atoms with van der Waals surface area (Å²) in [5.41, 5.74) is 2.30. The molecular formula is C33H49IN4O5. The first-order valence-electron chi connectivity index (χ1n) is 15.8. The van der Waals surface area contributed by atoms with Crippen molar-refractivity contribution >= 4 is 17.5 Å².